The Bertz CT molecular complexity index is 615. The van der Waals surface area contributed by atoms with Gasteiger partial charge in [-0.2, -0.15) is 5.10 Å². The molecular formula is C16H19N3O. The Hall–Kier alpha value is -2.10. The Morgan fingerprint density at radius 3 is 2.65 bits per heavy atom. The van der Waals surface area contributed by atoms with Crippen LogP contribution in [0.15, 0.2) is 36.5 Å². The minimum absolute atomic E-state index is 0.0769. The predicted octanol–water partition coefficient (Wildman–Crippen LogP) is 2.71. The van der Waals surface area contributed by atoms with Crippen LogP contribution in [0.4, 0.5) is 0 Å². The second kappa shape index (κ2) is 5.12. The third kappa shape index (κ3) is 2.22. The fourth-order valence-corrected chi connectivity index (χ4v) is 2.88. The molecule has 104 valence electrons. The van der Waals surface area contributed by atoms with Crippen molar-refractivity contribution in [1.29, 1.82) is 0 Å². The molecule has 2 aromatic rings. The number of nitrogens with zero attached hydrogens (tertiary/aromatic N) is 3. The molecule has 20 heavy (non-hydrogen) atoms. The highest BCUT2D eigenvalue weighted by Gasteiger charge is 2.31. The third-order valence-electron chi connectivity index (χ3n) is 4.02. The van der Waals surface area contributed by atoms with Crippen LogP contribution in [-0.2, 0) is 7.05 Å². The molecule has 0 bridgehead atoms. The van der Waals surface area contributed by atoms with E-state index in [0.29, 0.717) is 5.69 Å². The van der Waals surface area contributed by atoms with Gasteiger partial charge >= 0.3 is 0 Å². The van der Waals surface area contributed by atoms with E-state index in [9.17, 15) is 4.79 Å². The standard InChI is InChI=1S/C16H19N3O/c1-12-5-7-13(8-6-12)14-4-3-11-19(14)16(20)15-9-10-17-18(15)2/h5-10,14H,3-4,11H2,1-2H3. The zero-order valence-electron chi connectivity index (χ0n) is 11.9. The molecule has 3 rings (SSSR count). The summed E-state index contributed by atoms with van der Waals surface area (Å²) < 4.78 is 1.65. The van der Waals surface area contributed by atoms with Crippen molar-refractivity contribution in [2.45, 2.75) is 25.8 Å². The van der Waals surface area contributed by atoms with E-state index in [-0.39, 0.29) is 11.9 Å². The Labute approximate surface area is 119 Å². The van der Waals surface area contributed by atoms with Gasteiger partial charge in [-0.1, -0.05) is 29.8 Å². The number of amides is 1. The van der Waals surface area contributed by atoms with E-state index in [1.807, 2.05) is 11.9 Å². The monoisotopic (exact) mass is 269 g/mol. The third-order valence-corrected chi connectivity index (χ3v) is 4.02. The second-order valence-corrected chi connectivity index (χ2v) is 5.41. The molecule has 1 amide bonds. The van der Waals surface area contributed by atoms with E-state index in [0.717, 1.165) is 19.4 Å². The van der Waals surface area contributed by atoms with Crippen LogP contribution in [0.2, 0.25) is 0 Å². The Balaban J connectivity index is 1.87. The first kappa shape index (κ1) is 12.9. The van der Waals surface area contributed by atoms with Crippen molar-refractivity contribution in [2.75, 3.05) is 6.54 Å². The van der Waals surface area contributed by atoms with Crippen LogP contribution in [-0.4, -0.2) is 27.1 Å². The molecule has 1 atom stereocenters. The van der Waals surface area contributed by atoms with Gasteiger partial charge in [0, 0.05) is 19.8 Å². The van der Waals surface area contributed by atoms with Crippen LogP contribution in [0, 0.1) is 6.92 Å². The number of carbonyl (C=O) groups excluding carboxylic acids is 1. The Morgan fingerprint density at radius 1 is 1.25 bits per heavy atom. The highest BCUT2D eigenvalue weighted by Crippen LogP contribution is 2.33. The van der Waals surface area contributed by atoms with Gasteiger partial charge < -0.3 is 4.90 Å². The summed E-state index contributed by atoms with van der Waals surface area (Å²) in [5, 5.41) is 4.09. The maximum Gasteiger partial charge on any atom is 0.272 e. The molecule has 0 aliphatic carbocycles. The SMILES string of the molecule is Cc1ccc(C2CCCN2C(=O)c2ccnn2C)cc1. The van der Waals surface area contributed by atoms with Gasteiger partial charge in [0.1, 0.15) is 5.69 Å². The summed E-state index contributed by atoms with van der Waals surface area (Å²) in [6.45, 7) is 2.90. The molecule has 1 saturated heterocycles. The number of carbonyl (C=O) groups is 1. The van der Waals surface area contributed by atoms with E-state index < -0.39 is 0 Å². The molecule has 2 heterocycles. The summed E-state index contributed by atoms with van der Waals surface area (Å²) >= 11 is 0. The average molecular weight is 269 g/mol. The lowest BCUT2D eigenvalue weighted by molar-refractivity contribution is 0.0724. The van der Waals surface area contributed by atoms with E-state index in [2.05, 4.69) is 36.3 Å². The minimum Gasteiger partial charge on any atom is -0.330 e. The first-order valence-electron chi connectivity index (χ1n) is 7.02. The van der Waals surface area contributed by atoms with Crippen LogP contribution in [0.5, 0.6) is 0 Å². The van der Waals surface area contributed by atoms with Gasteiger partial charge in [0.05, 0.1) is 6.04 Å². The lowest BCUT2D eigenvalue weighted by atomic mass is 10.0. The highest BCUT2D eigenvalue weighted by molar-refractivity contribution is 5.93. The number of likely N-dealkylation sites (tertiary alicyclic amines) is 1. The van der Waals surface area contributed by atoms with E-state index in [1.54, 1.807) is 16.9 Å². The van der Waals surface area contributed by atoms with Gasteiger partial charge in [0.15, 0.2) is 0 Å². The van der Waals surface area contributed by atoms with E-state index >= 15 is 0 Å². The summed E-state index contributed by atoms with van der Waals surface area (Å²) in [5.74, 6) is 0.0769. The summed E-state index contributed by atoms with van der Waals surface area (Å²) in [6.07, 6.45) is 3.76. The summed E-state index contributed by atoms with van der Waals surface area (Å²) in [6, 6.07) is 10.5. The van der Waals surface area contributed by atoms with Gasteiger partial charge in [-0.15, -0.1) is 0 Å². The lowest BCUT2D eigenvalue weighted by Gasteiger charge is -2.25. The van der Waals surface area contributed by atoms with Crippen molar-refractivity contribution in [3.63, 3.8) is 0 Å². The van der Waals surface area contributed by atoms with Gasteiger partial charge in [0.25, 0.3) is 5.91 Å². The maximum absolute atomic E-state index is 12.6. The fourth-order valence-electron chi connectivity index (χ4n) is 2.88. The zero-order valence-corrected chi connectivity index (χ0v) is 11.9. The molecule has 0 saturated carbocycles. The summed E-state index contributed by atoms with van der Waals surface area (Å²) in [4.78, 5) is 14.6. The number of aromatic nitrogens is 2. The van der Waals surface area contributed by atoms with Gasteiger partial charge in [-0.05, 0) is 31.4 Å². The number of benzene rings is 1. The van der Waals surface area contributed by atoms with Crippen molar-refractivity contribution in [3.8, 4) is 0 Å². The molecular weight excluding hydrogens is 250 g/mol. The minimum atomic E-state index is 0.0769. The lowest BCUT2D eigenvalue weighted by Crippen LogP contribution is -2.32. The normalized spacial score (nSPS) is 18.5. The molecule has 1 aliphatic heterocycles. The zero-order chi connectivity index (χ0) is 14.1. The van der Waals surface area contributed by atoms with E-state index in [4.69, 9.17) is 0 Å². The molecule has 1 aliphatic rings. The highest BCUT2D eigenvalue weighted by atomic mass is 16.2. The Morgan fingerprint density at radius 2 is 2.00 bits per heavy atom. The summed E-state index contributed by atoms with van der Waals surface area (Å²) in [7, 11) is 1.81. The topological polar surface area (TPSA) is 38.1 Å². The largest absolute Gasteiger partial charge is 0.330 e. The molecule has 1 unspecified atom stereocenters. The molecule has 4 heteroatoms. The predicted molar refractivity (Wildman–Crippen MR) is 77.4 cm³/mol. The smallest absolute Gasteiger partial charge is 0.272 e. The number of hydrogen-bond acceptors (Lipinski definition) is 2. The van der Waals surface area contributed by atoms with Crippen molar-refractivity contribution >= 4 is 5.91 Å². The fraction of sp³-hybridized carbons (Fsp3) is 0.375. The first-order chi connectivity index (χ1) is 9.66. The van der Waals surface area contributed by atoms with Crippen LogP contribution in [0.1, 0.15) is 40.5 Å². The molecule has 0 spiro atoms. The van der Waals surface area contributed by atoms with Crippen molar-refractivity contribution < 1.29 is 4.79 Å². The Kier molecular flexibility index (Phi) is 3.30. The van der Waals surface area contributed by atoms with Crippen molar-refractivity contribution in [2.24, 2.45) is 7.05 Å². The number of aryl methyl sites for hydroxylation is 2. The van der Waals surface area contributed by atoms with Gasteiger partial charge in [-0.25, -0.2) is 0 Å². The van der Waals surface area contributed by atoms with Gasteiger partial charge in [0.2, 0.25) is 0 Å². The molecule has 4 nitrogen and oxygen atoms in total. The van der Waals surface area contributed by atoms with Crippen LogP contribution >= 0.6 is 0 Å². The molecule has 1 aromatic heterocycles. The molecule has 1 fully saturated rings. The molecule has 0 N–H and O–H groups in total. The first-order valence-corrected chi connectivity index (χ1v) is 7.02. The maximum atomic E-state index is 12.6. The molecule has 0 radical (unpaired) electrons. The van der Waals surface area contributed by atoms with Crippen LogP contribution in [0.3, 0.4) is 0 Å². The average Bonchev–Trinajstić information content (AvgIpc) is 3.07. The van der Waals surface area contributed by atoms with Gasteiger partial charge in [-0.3, -0.25) is 9.48 Å². The molecule has 1 aromatic carbocycles. The van der Waals surface area contributed by atoms with E-state index in [1.165, 1.54) is 11.1 Å². The van der Waals surface area contributed by atoms with Crippen molar-refractivity contribution in [1.82, 2.24) is 14.7 Å². The number of hydrogen-bond donors (Lipinski definition) is 0. The number of rotatable bonds is 2. The van der Waals surface area contributed by atoms with Crippen LogP contribution < -0.4 is 0 Å². The second-order valence-electron chi connectivity index (χ2n) is 5.41. The quantitative estimate of drug-likeness (QED) is 0.840. The van der Waals surface area contributed by atoms with Crippen molar-refractivity contribution in [3.05, 3.63) is 53.3 Å². The summed E-state index contributed by atoms with van der Waals surface area (Å²) in [5.41, 5.74) is 3.13. The van der Waals surface area contributed by atoms with Crippen LogP contribution in [0.25, 0.3) is 0 Å².